The number of furan rings is 1. The Hall–Kier alpha value is -1.53. The number of hydrogen-bond acceptors (Lipinski definition) is 6. The van der Waals surface area contributed by atoms with E-state index in [1.807, 2.05) is 7.05 Å². The minimum Gasteiger partial charge on any atom is -0.439 e. The number of hydrogen-bond donors (Lipinski definition) is 2. The lowest BCUT2D eigenvalue weighted by molar-refractivity contribution is 0.606. The van der Waals surface area contributed by atoms with Gasteiger partial charge in [0.1, 0.15) is 5.52 Å². The Morgan fingerprint density at radius 1 is 1.33 bits per heavy atom. The first-order chi connectivity index (χ1) is 10.2. The first-order valence-corrected chi connectivity index (χ1v) is 7.72. The highest BCUT2D eigenvalue weighted by atomic mass is 35.5. The van der Waals surface area contributed by atoms with Gasteiger partial charge in [0.25, 0.3) is 0 Å². The molecule has 4 rings (SSSR count). The van der Waals surface area contributed by atoms with Crippen LogP contribution < -0.4 is 16.0 Å². The van der Waals surface area contributed by atoms with Crippen LogP contribution in [0, 0.1) is 0 Å². The van der Waals surface area contributed by atoms with Gasteiger partial charge >= 0.3 is 0 Å². The molecule has 6 nitrogen and oxygen atoms in total. The average Bonchev–Trinajstić information content (AvgIpc) is 3.08. The molecule has 1 aliphatic heterocycles. The number of aromatic nitrogens is 2. The van der Waals surface area contributed by atoms with Gasteiger partial charge in [-0.2, -0.15) is 4.98 Å². The molecule has 0 aromatic carbocycles. The van der Waals surface area contributed by atoms with E-state index in [-0.39, 0.29) is 5.95 Å². The minimum absolute atomic E-state index is 0.282. The van der Waals surface area contributed by atoms with Crippen molar-refractivity contribution in [1.82, 2.24) is 15.3 Å². The summed E-state index contributed by atoms with van der Waals surface area (Å²) in [4.78, 5) is 11.0. The van der Waals surface area contributed by atoms with E-state index in [0.29, 0.717) is 22.8 Å². The van der Waals surface area contributed by atoms with Crippen LogP contribution in [0.3, 0.4) is 0 Å². The van der Waals surface area contributed by atoms with Crippen LogP contribution in [0.1, 0.15) is 30.7 Å². The molecule has 1 saturated heterocycles. The van der Waals surface area contributed by atoms with Gasteiger partial charge in [0, 0.05) is 24.7 Å². The van der Waals surface area contributed by atoms with Crippen LogP contribution in [0.4, 0.5) is 11.8 Å². The highest BCUT2D eigenvalue weighted by Gasteiger charge is 2.34. The number of nitrogen functional groups attached to an aromatic ring is 1. The normalized spacial score (nSPS) is 22.4. The second-order valence-electron chi connectivity index (χ2n) is 5.87. The second kappa shape index (κ2) is 4.74. The molecule has 0 unspecified atom stereocenters. The Morgan fingerprint density at radius 3 is 2.81 bits per heavy atom. The molecule has 2 aromatic rings. The standard InChI is InChI=1S/C14H18ClN5O/c1-17-8-4-5-20(6-8)13-11-10(18-14(16)19-13)9(7-2-3-7)12(15)21-11/h7-8,17H,2-6H2,1H3,(H2,16,18,19)/t8-/m1/s1. The molecule has 1 atom stereocenters. The molecule has 0 spiro atoms. The minimum atomic E-state index is 0.282. The third-order valence-corrected chi connectivity index (χ3v) is 4.69. The third kappa shape index (κ3) is 2.13. The monoisotopic (exact) mass is 307 g/mol. The summed E-state index contributed by atoms with van der Waals surface area (Å²) in [5, 5.41) is 3.74. The predicted molar refractivity (Wildman–Crippen MR) is 82.9 cm³/mol. The number of rotatable bonds is 3. The fourth-order valence-electron chi connectivity index (χ4n) is 3.10. The summed E-state index contributed by atoms with van der Waals surface area (Å²) in [6, 6.07) is 0.463. The lowest BCUT2D eigenvalue weighted by Crippen LogP contribution is -2.30. The fourth-order valence-corrected chi connectivity index (χ4v) is 3.42. The molecule has 0 radical (unpaired) electrons. The number of nitrogens with one attached hydrogen (secondary N) is 1. The maximum Gasteiger partial charge on any atom is 0.222 e. The van der Waals surface area contributed by atoms with Crippen molar-refractivity contribution in [2.24, 2.45) is 0 Å². The second-order valence-corrected chi connectivity index (χ2v) is 6.21. The van der Waals surface area contributed by atoms with Gasteiger partial charge in [-0.1, -0.05) is 0 Å². The Labute approximate surface area is 127 Å². The smallest absolute Gasteiger partial charge is 0.222 e. The molecular formula is C14H18ClN5O. The number of fused-ring (bicyclic) bond motifs is 1. The molecule has 21 heavy (non-hydrogen) atoms. The van der Waals surface area contributed by atoms with Gasteiger partial charge in [-0.25, -0.2) is 4.98 Å². The first kappa shape index (κ1) is 13.2. The van der Waals surface area contributed by atoms with Crippen molar-refractivity contribution in [3.05, 3.63) is 10.8 Å². The van der Waals surface area contributed by atoms with E-state index in [2.05, 4.69) is 20.2 Å². The molecule has 3 N–H and O–H groups in total. The van der Waals surface area contributed by atoms with Crippen LogP contribution >= 0.6 is 11.6 Å². The summed E-state index contributed by atoms with van der Waals surface area (Å²) in [7, 11) is 1.98. The largest absolute Gasteiger partial charge is 0.439 e. The number of halogens is 1. The molecule has 7 heteroatoms. The highest BCUT2D eigenvalue weighted by Crippen LogP contribution is 2.48. The van der Waals surface area contributed by atoms with E-state index in [1.165, 1.54) is 0 Å². The van der Waals surface area contributed by atoms with Crippen molar-refractivity contribution >= 4 is 34.5 Å². The van der Waals surface area contributed by atoms with Gasteiger partial charge in [-0.15, -0.1) is 0 Å². The summed E-state index contributed by atoms with van der Waals surface area (Å²) < 4.78 is 5.79. The number of anilines is 2. The van der Waals surface area contributed by atoms with Crippen LogP contribution in [-0.4, -0.2) is 36.1 Å². The van der Waals surface area contributed by atoms with Gasteiger partial charge in [-0.3, -0.25) is 0 Å². The van der Waals surface area contributed by atoms with Crippen LogP contribution in [0.2, 0.25) is 5.22 Å². The van der Waals surface area contributed by atoms with E-state index in [1.54, 1.807) is 0 Å². The van der Waals surface area contributed by atoms with E-state index >= 15 is 0 Å². The van der Waals surface area contributed by atoms with Crippen LogP contribution in [0.15, 0.2) is 4.42 Å². The van der Waals surface area contributed by atoms with Crippen molar-refractivity contribution in [2.45, 2.75) is 31.2 Å². The van der Waals surface area contributed by atoms with Crippen molar-refractivity contribution in [3.63, 3.8) is 0 Å². The van der Waals surface area contributed by atoms with Crippen LogP contribution in [-0.2, 0) is 0 Å². The van der Waals surface area contributed by atoms with Crippen molar-refractivity contribution in [2.75, 3.05) is 30.8 Å². The van der Waals surface area contributed by atoms with E-state index in [9.17, 15) is 0 Å². The Kier molecular flexibility index (Phi) is 2.97. The zero-order valence-electron chi connectivity index (χ0n) is 11.9. The fraction of sp³-hybridized carbons (Fsp3) is 0.571. The zero-order valence-corrected chi connectivity index (χ0v) is 12.7. The van der Waals surface area contributed by atoms with Crippen LogP contribution in [0.25, 0.3) is 11.1 Å². The van der Waals surface area contributed by atoms with Gasteiger partial charge in [0.05, 0.1) is 0 Å². The van der Waals surface area contributed by atoms with Gasteiger partial charge in [-0.05, 0) is 43.8 Å². The SMILES string of the molecule is CN[C@@H]1CCN(c2nc(N)nc3c(C4CC4)c(Cl)oc23)C1. The molecule has 112 valence electrons. The van der Waals surface area contributed by atoms with E-state index < -0.39 is 0 Å². The molecule has 0 amide bonds. The molecule has 3 heterocycles. The number of nitrogens with zero attached hydrogens (tertiary/aromatic N) is 3. The summed E-state index contributed by atoms with van der Waals surface area (Å²) in [5.41, 5.74) is 8.38. The van der Waals surface area contributed by atoms with Crippen molar-refractivity contribution in [3.8, 4) is 0 Å². The zero-order chi connectivity index (χ0) is 14.6. The number of likely N-dealkylation sites (N-methyl/N-ethyl adjacent to an activating group) is 1. The molecule has 2 aromatic heterocycles. The molecule has 0 bridgehead atoms. The van der Waals surface area contributed by atoms with Crippen molar-refractivity contribution in [1.29, 1.82) is 0 Å². The lowest BCUT2D eigenvalue weighted by Gasteiger charge is -2.17. The Morgan fingerprint density at radius 2 is 2.14 bits per heavy atom. The molecular weight excluding hydrogens is 290 g/mol. The van der Waals surface area contributed by atoms with Gasteiger partial charge < -0.3 is 20.4 Å². The van der Waals surface area contributed by atoms with E-state index in [0.717, 1.165) is 49.2 Å². The lowest BCUT2D eigenvalue weighted by atomic mass is 10.2. The first-order valence-electron chi connectivity index (χ1n) is 7.35. The molecule has 2 fully saturated rings. The summed E-state index contributed by atoms with van der Waals surface area (Å²) in [5.74, 6) is 1.51. The summed E-state index contributed by atoms with van der Waals surface area (Å²) in [6.45, 7) is 1.81. The van der Waals surface area contributed by atoms with Gasteiger partial charge in [0.2, 0.25) is 5.95 Å². The molecule has 2 aliphatic rings. The summed E-state index contributed by atoms with van der Waals surface area (Å²) in [6.07, 6.45) is 3.35. The third-order valence-electron chi connectivity index (χ3n) is 4.41. The Balaban J connectivity index is 1.83. The maximum atomic E-state index is 6.28. The number of nitrogens with two attached hydrogens (primary N) is 1. The van der Waals surface area contributed by atoms with Gasteiger partial charge in [0.15, 0.2) is 16.6 Å². The maximum absolute atomic E-state index is 6.28. The molecule has 1 saturated carbocycles. The quantitative estimate of drug-likeness (QED) is 0.904. The summed E-state index contributed by atoms with van der Waals surface area (Å²) >= 11 is 6.28. The topological polar surface area (TPSA) is 80.2 Å². The van der Waals surface area contributed by atoms with Crippen LogP contribution in [0.5, 0.6) is 0 Å². The van der Waals surface area contributed by atoms with E-state index in [4.69, 9.17) is 21.8 Å². The average molecular weight is 308 g/mol. The highest BCUT2D eigenvalue weighted by molar-refractivity contribution is 6.31. The van der Waals surface area contributed by atoms with Crippen molar-refractivity contribution < 1.29 is 4.42 Å². The Bertz CT molecular complexity index is 696. The molecule has 1 aliphatic carbocycles. The predicted octanol–water partition coefficient (Wildman–Crippen LogP) is 2.13.